The van der Waals surface area contributed by atoms with Crippen molar-refractivity contribution < 1.29 is 9.59 Å². The second-order valence-electron chi connectivity index (χ2n) is 7.34. The van der Waals surface area contributed by atoms with Crippen LogP contribution < -0.4 is 5.32 Å². The van der Waals surface area contributed by atoms with E-state index in [4.69, 9.17) is 0 Å². The molecular formula is C22H22N4O2. The van der Waals surface area contributed by atoms with E-state index in [9.17, 15) is 9.59 Å². The number of anilines is 1. The number of pyridine rings is 2. The van der Waals surface area contributed by atoms with Gasteiger partial charge >= 0.3 is 0 Å². The van der Waals surface area contributed by atoms with Crippen molar-refractivity contribution in [3.8, 4) is 0 Å². The van der Waals surface area contributed by atoms with E-state index in [2.05, 4.69) is 20.3 Å². The monoisotopic (exact) mass is 374 g/mol. The number of carbonyl (C=O) groups is 2. The molecule has 1 unspecified atom stereocenters. The Hall–Kier alpha value is -3.15. The third-order valence-corrected chi connectivity index (χ3v) is 5.33. The number of ketones is 1. The van der Waals surface area contributed by atoms with E-state index in [1.165, 1.54) is 0 Å². The summed E-state index contributed by atoms with van der Waals surface area (Å²) in [4.78, 5) is 39.2. The maximum absolute atomic E-state index is 13.3. The molecule has 0 spiro atoms. The van der Waals surface area contributed by atoms with E-state index < -0.39 is 5.92 Å². The lowest BCUT2D eigenvalue weighted by atomic mass is 9.72. The minimum absolute atomic E-state index is 0.0813. The number of aryl methyl sites for hydroxylation is 1. The molecule has 0 radical (unpaired) electrons. The maximum Gasteiger partial charge on any atom is 0.235 e. The summed E-state index contributed by atoms with van der Waals surface area (Å²) >= 11 is 0. The average molecular weight is 374 g/mol. The van der Waals surface area contributed by atoms with Gasteiger partial charge in [0.1, 0.15) is 5.82 Å². The molecule has 0 saturated heterocycles. The molecule has 28 heavy (non-hydrogen) atoms. The van der Waals surface area contributed by atoms with Crippen LogP contribution in [0.2, 0.25) is 0 Å². The highest BCUT2D eigenvalue weighted by molar-refractivity contribution is 6.13. The van der Waals surface area contributed by atoms with Crippen LogP contribution in [0.5, 0.6) is 0 Å². The highest BCUT2D eigenvalue weighted by atomic mass is 16.2. The summed E-state index contributed by atoms with van der Waals surface area (Å²) < 4.78 is 0. The number of aliphatic imine (C=N–C) groups is 1. The van der Waals surface area contributed by atoms with Crippen molar-refractivity contribution in [1.29, 1.82) is 0 Å². The normalized spacial score (nSPS) is 21.8. The first-order chi connectivity index (χ1) is 13.5. The minimum Gasteiger partial charge on any atom is -0.310 e. The zero-order chi connectivity index (χ0) is 19.7. The maximum atomic E-state index is 13.3. The van der Waals surface area contributed by atoms with Gasteiger partial charge in [-0.05, 0) is 56.0 Å². The molecule has 0 saturated carbocycles. The summed E-state index contributed by atoms with van der Waals surface area (Å²) in [5.41, 5.74) is 4.07. The van der Waals surface area contributed by atoms with Gasteiger partial charge in [-0.2, -0.15) is 0 Å². The first kappa shape index (κ1) is 18.2. The van der Waals surface area contributed by atoms with Gasteiger partial charge in [0.2, 0.25) is 5.91 Å². The van der Waals surface area contributed by atoms with Crippen molar-refractivity contribution in [2.24, 2.45) is 10.9 Å². The number of nitrogens with one attached hydrogen (secondary N) is 1. The molecular weight excluding hydrogens is 352 g/mol. The summed E-state index contributed by atoms with van der Waals surface area (Å²) in [6.07, 6.45) is 7.16. The van der Waals surface area contributed by atoms with E-state index >= 15 is 0 Å². The van der Waals surface area contributed by atoms with Gasteiger partial charge in [0.25, 0.3) is 0 Å². The Kier molecular flexibility index (Phi) is 4.86. The van der Waals surface area contributed by atoms with Crippen LogP contribution in [0.15, 0.2) is 59.1 Å². The molecule has 2 aliphatic rings. The molecule has 2 aromatic heterocycles. The summed E-state index contributed by atoms with van der Waals surface area (Å²) in [6, 6.07) is 7.46. The number of allylic oxidation sites excluding steroid dienone is 2. The summed E-state index contributed by atoms with van der Waals surface area (Å²) in [6.45, 7) is 3.81. The largest absolute Gasteiger partial charge is 0.310 e. The SMILES string of the molecule is CC1=NC2=C(C(=O)CCC2)[C@@H](c2cccnc2)C1C(=O)Nc1cc(C)ccn1. The molecule has 1 aliphatic heterocycles. The van der Waals surface area contributed by atoms with Crippen LogP contribution in [0.4, 0.5) is 5.82 Å². The molecule has 1 amide bonds. The van der Waals surface area contributed by atoms with Crippen molar-refractivity contribution in [2.75, 3.05) is 5.32 Å². The lowest BCUT2D eigenvalue weighted by Crippen LogP contribution is -2.39. The molecule has 0 fully saturated rings. The fourth-order valence-electron chi connectivity index (χ4n) is 4.07. The van der Waals surface area contributed by atoms with Gasteiger partial charge in [-0.25, -0.2) is 4.98 Å². The first-order valence-electron chi connectivity index (χ1n) is 9.49. The number of hydrogen-bond donors (Lipinski definition) is 1. The average Bonchev–Trinajstić information content (AvgIpc) is 2.67. The van der Waals surface area contributed by atoms with Gasteiger partial charge in [-0.1, -0.05) is 6.07 Å². The molecule has 3 heterocycles. The third-order valence-electron chi connectivity index (χ3n) is 5.33. The van der Waals surface area contributed by atoms with E-state index in [1.54, 1.807) is 18.6 Å². The van der Waals surface area contributed by atoms with Crippen molar-refractivity contribution in [3.05, 3.63) is 65.3 Å². The van der Waals surface area contributed by atoms with Crippen molar-refractivity contribution in [1.82, 2.24) is 9.97 Å². The lowest BCUT2D eigenvalue weighted by molar-refractivity contribution is -0.119. The Balaban J connectivity index is 1.76. The van der Waals surface area contributed by atoms with Crippen LogP contribution in [-0.4, -0.2) is 27.4 Å². The van der Waals surface area contributed by atoms with Gasteiger partial charge < -0.3 is 5.32 Å². The number of aromatic nitrogens is 2. The molecule has 6 heteroatoms. The molecule has 0 aromatic carbocycles. The number of nitrogens with zero attached hydrogens (tertiary/aromatic N) is 3. The molecule has 2 aromatic rings. The number of Topliss-reactive ketones (excluding diaryl/α,β-unsaturated/α-hetero) is 1. The summed E-state index contributed by atoms with van der Waals surface area (Å²) in [5.74, 6) is -0.584. The highest BCUT2D eigenvalue weighted by Crippen LogP contribution is 2.43. The van der Waals surface area contributed by atoms with Gasteiger partial charge in [0, 0.05) is 47.9 Å². The number of hydrogen-bond acceptors (Lipinski definition) is 5. The zero-order valence-electron chi connectivity index (χ0n) is 16.0. The van der Waals surface area contributed by atoms with Crippen LogP contribution in [0.1, 0.15) is 43.2 Å². The van der Waals surface area contributed by atoms with Crippen LogP contribution >= 0.6 is 0 Å². The lowest BCUT2D eigenvalue weighted by Gasteiger charge is -2.34. The summed E-state index contributed by atoms with van der Waals surface area (Å²) in [5, 5.41) is 2.91. The zero-order valence-corrected chi connectivity index (χ0v) is 16.0. The number of amides is 1. The molecule has 142 valence electrons. The van der Waals surface area contributed by atoms with E-state index in [0.29, 0.717) is 23.5 Å². The Morgan fingerprint density at radius 1 is 1.18 bits per heavy atom. The van der Waals surface area contributed by atoms with Crippen molar-refractivity contribution in [2.45, 2.75) is 39.0 Å². The minimum atomic E-state index is -0.577. The van der Waals surface area contributed by atoms with Crippen molar-refractivity contribution in [3.63, 3.8) is 0 Å². The van der Waals surface area contributed by atoms with Gasteiger partial charge in [0.15, 0.2) is 5.78 Å². The van der Waals surface area contributed by atoms with Crippen LogP contribution in [0.3, 0.4) is 0 Å². The quantitative estimate of drug-likeness (QED) is 0.889. The predicted octanol–water partition coefficient (Wildman–Crippen LogP) is 3.61. The van der Waals surface area contributed by atoms with Gasteiger partial charge in [0.05, 0.1) is 5.92 Å². The van der Waals surface area contributed by atoms with E-state index in [-0.39, 0.29) is 17.6 Å². The second kappa shape index (κ2) is 7.46. The molecule has 1 aliphatic carbocycles. The summed E-state index contributed by atoms with van der Waals surface area (Å²) in [7, 11) is 0. The highest BCUT2D eigenvalue weighted by Gasteiger charge is 2.42. The number of carbonyl (C=O) groups excluding carboxylic acids is 2. The molecule has 6 nitrogen and oxygen atoms in total. The van der Waals surface area contributed by atoms with E-state index in [1.807, 2.05) is 38.1 Å². The van der Waals surface area contributed by atoms with Crippen LogP contribution in [0, 0.1) is 12.8 Å². The molecule has 4 rings (SSSR count). The second-order valence-corrected chi connectivity index (χ2v) is 7.34. The standard InChI is InChI=1S/C22H22N4O2/c1-13-8-10-24-18(11-13)26-22(28)19-14(2)25-16-6-3-7-17(27)21(16)20(19)15-5-4-9-23-12-15/h4-5,8-12,19-20H,3,6-7H2,1-2H3,(H,24,26,28)/t19?,20-/m0/s1. The third kappa shape index (κ3) is 3.38. The Bertz CT molecular complexity index is 995. The molecule has 1 N–H and O–H groups in total. The van der Waals surface area contributed by atoms with Gasteiger partial charge in [-0.15, -0.1) is 0 Å². The van der Waals surface area contributed by atoms with E-state index in [0.717, 1.165) is 29.7 Å². The van der Waals surface area contributed by atoms with Crippen LogP contribution in [0.25, 0.3) is 0 Å². The first-order valence-corrected chi connectivity index (χ1v) is 9.49. The van der Waals surface area contributed by atoms with Crippen molar-refractivity contribution >= 4 is 23.2 Å². The Labute approximate surface area is 163 Å². The fourth-order valence-corrected chi connectivity index (χ4v) is 4.07. The van der Waals surface area contributed by atoms with Gasteiger partial charge in [-0.3, -0.25) is 19.6 Å². The smallest absolute Gasteiger partial charge is 0.235 e. The Morgan fingerprint density at radius 3 is 2.79 bits per heavy atom. The van der Waals surface area contributed by atoms with Crippen LogP contribution in [-0.2, 0) is 9.59 Å². The fraction of sp³-hybridized carbons (Fsp3) is 0.318. The topological polar surface area (TPSA) is 84.3 Å². The molecule has 0 bridgehead atoms. The molecule has 2 atom stereocenters. The number of rotatable bonds is 3. The Morgan fingerprint density at radius 2 is 2.04 bits per heavy atom. The predicted molar refractivity (Wildman–Crippen MR) is 107 cm³/mol.